The van der Waals surface area contributed by atoms with Crippen molar-refractivity contribution >= 4 is 23.1 Å². The van der Waals surface area contributed by atoms with Crippen molar-refractivity contribution in [3.8, 4) is 0 Å². The fraction of sp³-hybridized carbons (Fsp3) is 0.405. The molecule has 0 saturated heterocycles. The molecule has 2 heterocycles. The number of benzene rings is 2. The van der Waals surface area contributed by atoms with E-state index in [1.807, 2.05) is 0 Å². The first-order chi connectivity index (χ1) is 19.6. The Morgan fingerprint density at radius 1 is 0.905 bits per heavy atom. The molecule has 42 heavy (non-hydrogen) atoms. The SMILES string of the molecule is C[N+]1=C(C=CC2=CC(=CC=C3N(CCCCCC(=O)O)c4ccccc4C3(C)C)CCC2)C(C)(C)c2ccccc21.[Cl-]. The van der Waals surface area contributed by atoms with Crippen molar-refractivity contribution in [1.82, 2.24) is 0 Å². The Morgan fingerprint density at radius 2 is 1.62 bits per heavy atom. The largest absolute Gasteiger partial charge is 1.00 e. The maximum absolute atomic E-state index is 10.9. The molecule has 0 atom stereocenters. The molecule has 0 aromatic heterocycles. The van der Waals surface area contributed by atoms with E-state index in [4.69, 9.17) is 5.11 Å². The summed E-state index contributed by atoms with van der Waals surface area (Å²) in [6.07, 6.45) is 18.0. The highest BCUT2D eigenvalue weighted by Gasteiger charge is 2.42. The molecular weight excluding hydrogens is 540 g/mol. The van der Waals surface area contributed by atoms with Crippen LogP contribution in [0.4, 0.5) is 11.4 Å². The number of hydrogen-bond donors (Lipinski definition) is 1. The number of rotatable bonds is 9. The van der Waals surface area contributed by atoms with Gasteiger partial charge in [-0.1, -0.05) is 74.9 Å². The molecule has 2 aromatic rings. The summed E-state index contributed by atoms with van der Waals surface area (Å²) in [7, 11) is 2.18. The molecule has 0 radical (unpaired) electrons. The lowest BCUT2D eigenvalue weighted by Crippen LogP contribution is -3.00. The highest BCUT2D eigenvalue weighted by Crippen LogP contribution is 2.48. The molecule has 0 unspecified atom stereocenters. The summed E-state index contributed by atoms with van der Waals surface area (Å²) < 4.78 is 2.34. The third-order valence-electron chi connectivity index (χ3n) is 9.22. The van der Waals surface area contributed by atoms with Gasteiger partial charge in [0.2, 0.25) is 5.69 Å². The van der Waals surface area contributed by atoms with E-state index < -0.39 is 5.97 Å². The second-order valence-corrected chi connectivity index (χ2v) is 12.8. The first kappa shape index (κ1) is 31.6. The minimum atomic E-state index is -0.706. The second kappa shape index (κ2) is 12.9. The van der Waals surface area contributed by atoms with Gasteiger partial charge in [-0.25, -0.2) is 0 Å². The fourth-order valence-electron chi connectivity index (χ4n) is 6.92. The maximum atomic E-state index is 10.9. The van der Waals surface area contributed by atoms with E-state index in [1.165, 1.54) is 45.1 Å². The van der Waals surface area contributed by atoms with Crippen LogP contribution >= 0.6 is 0 Å². The number of anilines is 1. The molecule has 0 spiro atoms. The van der Waals surface area contributed by atoms with E-state index in [0.717, 1.165) is 45.1 Å². The van der Waals surface area contributed by atoms with Gasteiger partial charge in [0.05, 0.1) is 5.41 Å². The van der Waals surface area contributed by atoms with Gasteiger partial charge >= 0.3 is 5.97 Å². The van der Waals surface area contributed by atoms with Gasteiger partial charge in [-0.15, -0.1) is 0 Å². The average molecular weight is 585 g/mol. The smallest absolute Gasteiger partial charge is 0.303 e. The summed E-state index contributed by atoms with van der Waals surface area (Å²) in [5.41, 5.74) is 10.7. The van der Waals surface area contributed by atoms with Crippen molar-refractivity contribution in [2.45, 2.75) is 83.5 Å². The number of carboxylic acid groups (broad SMARTS) is 1. The lowest BCUT2D eigenvalue weighted by Gasteiger charge is -2.27. The third kappa shape index (κ3) is 6.20. The number of para-hydroxylation sites is 2. The molecule has 1 N–H and O–H groups in total. The van der Waals surface area contributed by atoms with Crippen molar-refractivity contribution in [1.29, 1.82) is 0 Å². The minimum absolute atomic E-state index is 0. The number of aliphatic carboxylic acids is 1. The van der Waals surface area contributed by atoms with Gasteiger partial charge in [-0.3, -0.25) is 4.79 Å². The average Bonchev–Trinajstić information content (AvgIpc) is 3.28. The first-order valence-corrected chi connectivity index (χ1v) is 15.2. The summed E-state index contributed by atoms with van der Waals surface area (Å²) in [5.74, 6) is -0.706. The van der Waals surface area contributed by atoms with Crippen LogP contribution in [0, 0.1) is 0 Å². The molecule has 0 saturated carbocycles. The number of carbonyl (C=O) groups is 1. The number of allylic oxidation sites excluding steroid dienone is 8. The second-order valence-electron chi connectivity index (χ2n) is 12.8. The number of hydrogen-bond acceptors (Lipinski definition) is 2. The summed E-state index contributed by atoms with van der Waals surface area (Å²) in [5, 5.41) is 9.00. The van der Waals surface area contributed by atoms with Crippen molar-refractivity contribution in [2.75, 3.05) is 18.5 Å². The normalized spacial score (nSPS) is 20.6. The maximum Gasteiger partial charge on any atom is 0.303 e. The fourth-order valence-corrected chi connectivity index (χ4v) is 6.92. The van der Waals surface area contributed by atoms with Crippen LogP contribution in [-0.2, 0) is 15.6 Å². The zero-order valence-electron chi connectivity index (χ0n) is 25.8. The first-order valence-electron chi connectivity index (χ1n) is 15.2. The molecule has 0 bridgehead atoms. The van der Waals surface area contributed by atoms with E-state index in [9.17, 15) is 4.79 Å². The van der Waals surface area contributed by atoms with Crippen molar-refractivity contribution in [3.63, 3.8) is 0 Å². The van der Waals surface area contributed by atoms with Crippen LogP contribution in [0.2, 0.25) is 0 Å². The molecule has 0 amide bonds. The molecule has 4 nitrogen and oxygen atoms in total. The van der Waals surface area contributed by atoms with Gasteiger partial charge in [0, 0.05) is 47.5 Å². The molecule has 5 rings (SSSR count). The summed E-state index contributed by atoms with van der Waals surface area (Å²) in [6.45, 7) is 10.2. The quantitative estimate of drug-likeness (QED) is 0.307. The van der Waals surface area contributed by atoms with Gasteiger partial charge < -0.3 is 22.4 Å². The number of nitrogens with zero attached hydrogens (tertiary/aromatic N) is 2. The Bertz CT molecular complexity index is 1490. The standard InChI is InChI=1S/C37H44N2O2.ClH/c1-36(2)29-16-8-10-18-31(29)38(5)33(36)23-21-27-14-13-15-28(26-27)22-24-34-37(3,4)30-17-9-11-19-32(30)39(34)25-12-6-7-20-35(40)41;/h8-11,16-19,21-24,26H,6-7,12-15,20,25H2,1-5H3;1H. The Morgan fingerprint density at radius 3 is 2.36 bits per heavy atom. The van der Waals surface area contributed by atoms with E-state index >= 15 is 0 Å². The Labute approximate surface area is 258 Å². The number of halogens is 1. The predicted octanol–water partition coefficient (Wildman–Crippen LogP) is 5.62. The lowest BCUT2D eigenvalue weighted by atomic mass is 9.81. The molecular formula is C37H45ClN2O2. The van der Waals surface area contributed by atoms with Crippen molar-refractivity contribution in [3.05, 3.63) is 107 Å². The number of unbranched alkanes of at least 4 members (excludes halogenated alkanes) is 2. The molecule has 5 heteroatoms. The monoisotopic (exact) mass is 584 g/mol. The van der Waals surface area contributed by atoms with Gasteiger partial charge in [-0.2, -0.15) is 4.58 Å². The van der Waals surface area contributed by atoms with Crippen molar-refractivity contribution in [2.24, 2.45) is 0 Å². The number of fused-ring (bicyclic) bond motifs is 2. The Kier molecular flexibility index (Phi) is 9.67. The van der Waals surface area contributed by atoms with E-state index in [0.29, 0.717) is 0 Å². The van der Waals surface area contributed by atoms with Crippen LogP contribution < -0.4 is 17.3 Å². The zero-order valence-corrected chi connectivity index (χ0v) is 26.5. The Balaban J connectivity index is 0.00000405. The summed E-state index contributed by atoms with van der Waals surface area (Å²) in [4.78, 5) is 13.4. The summed E-state index contributed by atoms with van der Waals surface area (Å²) in [6, 6.07) is 17.5. The van der Waals surface area contributed by atoms with Crippen LogP contribution in [0.25, 0.3) is 0 Å². The molecule has 2 aliphatic heterocycles. The van der Waals surface area contributed by atoms with Crippen LogP contribution in [0.5, 0.6) is 0 Å². The van der Waals surface area contributed by atoms with E-state index in [2.05, 4.69) is 123 Å². The van der Waals surface area contributed by atoms with Crippen LogP contribution in [0.3, 0.4) is 0 Å². The third-order valence-corrected chi connectivity index (χ3v) is 9.22. The van der Waals surface area contributed by atoms with Gasteiger partial charge in [0.1, 0.15) is 7.05 Å². The molecule has 3 aliphatic rings. The van der Waals surface area contributed by atoms with E-state index in [-0.39, 0.29) is 29.7 Å². The predicted molar refractivity (Wildman–Crippen MR) is 170 cm³/mol. The van der Waals surface area contributed by atoms with Crippen LogP contribution in [0.15, 0.2) is 95.8 Å². The number of carboxylic acids is 1. The van der Waals surface area contributed by atoms with Gasteiger partial charge in [0.15, 0.2) is 5.71 Å². The van der Waals surface area contributed by atoms with Crippen molar-refractivity contribution < 1.29 is 26.9 Å². The molecule has 222 valence electrons. The zero-order chi connectivity index (χ0) is 29.2. The topological polar surface area (TPSA) is 43.5 Å². The van der Waals surface area contributed by atoms with Crippen LogP contribution in [0.1, 0.15) is 83.8 Å². The molecule has 1 aliphatic carbocycles. The minimum Gasteiger partial charge on any atom is -1.00 e. The summed E-state index contributed by atoms with van der Waals surface area (Å²) >= 11 is 0. The van der Waals surface area contributed by atoms with E-state index in [1.54, 1.807) is 0 Å². The van der Waals surface area contributed by atoms with Crippen LogP contribution in [-0.4, -0.2) is 35.0 Å². The highest BCUT2D eigenvalue weighted by molar-refractivity contribution is 6.03. The lowest BCUT2D eigenvalue weighted by molar-refractivity contribution is -0.401. The molecule has 2 aromatic carbocycles. The van der Waals surface area contributed by atoms with Gasteiger partial charge in [-0.05, 0) is 74.8 Å². The molecule has 0 fully saturated rings. The highest BCUT2D eigenvalue weighted by atomic mass is 35.5. The van der Waals surface area contributed by atoms with Gasteiger partial charge in [0.25, 0.3) is 0 Å². The Hall–Kier alpha value is -3.37.